The van der Waals surface area contributed by atoms with Gasteiger partial charge in [-0.25, -0.2) is 4.79 Å². The molecule has 144 valence electrons. The van der Waals surface area contributed by atoms with Crippen molar-refractivity contribution in [2.75, 3.05) is 38.2 Å². The first-order valence-electron chi connectivity index (χ1n) is 8.86. The maximum atomic E-state index is 12.2. The first-order valence-corrected chi connectivity index (χ1v) is 8.86. The van der Waals surface area contributed by atoms with Gasteiger partial charge in [-0.05, 0) is 69.0 Å². The van der Waals surface area contributed by atoms with E-state index in [1.165, 1.54) is 0 Å². The second-order valence-corrected chi connectivity index (χ2v) is 6.54. The molecule has 0 aliphatic carbocycles. The lowest BCUT2D eigenvalue weighted by atomic mass is 10.1. The molecule has 5 N–H and O–H groups in total. The van der Waals surface area contributed by atoms with Crippen molar-refractivity contribution in [3.05, 3.63) is 59.7 Å². The average molecular weight is 369 g/mol. The maximum Gasteiger partial charge on any atom is 0.319 e. The van der Waals surface area contributed by atoms with E-state index >= 15 is 0 Å². The zero-order valence-corrected chi connectivity index (χ0v) is 15.8. The van der Waals surface area contributed by atoms with Gasteiger partial charge in [0.25, 0.3) is 5.91 Å². The van der Waals surface area contributed by atoms with E-state index in [4.69, 9.17) is 5.73 Å². The number of rotatable bonds is 8. The molecule has 0 saturated carbocycles. The Morgan fingerprint density at radius 2 is 1.78 bits per heavy atom. The van der Waals surface area contributed by atoms with Gasteiger partial charge in [-0.3, -0.25) is 4.79 Å². The molecule has 0 aromatic heterocycles. The van der Waals surface area contributed by atoms with Crippen LogP contribution >= 0.6 is 0 Å². The molecular formula is C20H27N5O2. The topological polar surface area (TPSA) is 99.5 Å². The van der Waals surface area contributed by atoms with Crippen LogP contribution in [0.4, 0.5) is 16.2 Å². The van der Waals surface area contributed by atoms with Crippen molar-refractivity contribution >= 4 is 23.3 Å². The normalized spacial score (nSPS) is 10.5. The highest BCUT2D eigenvalue weighted by Gasteiger charge is 2.07. The fourth-order valence-corrected chi connectivity index (χ4v) is 2.45. The Hall–Kier alpha value is -3.06. The van der Waals surface area contributed by atoms with Crippen molar-refractivity contribution in [1.82, 2.24) is 15.5 Å². The van der Waals surface area contributed by atoms with Crippen LogP contribution in [0.25, 0.3) is 0 Å². The van der Waals surface area contributed by atoms with Crippen LogP contribution in [0, 0.1) is 0 Å². The molecule has 0 saturated heterocycles. The van der Waals surface area contributed by atoms with Crippen molar-refractivity contribution < 1.29 is 9.59 Å². The fourth-order valence-electron chi connectivity index (χ4n) is 2.45. The molecule has 27 heavy (non-hydrogen) atoms. The van der Waals surface area contributed by atoms with Gasteiger partial charge in [0.15, 0.2) is 0 Å². The number of nitrogen functional groups attached to an aromatic ring is 1. The van der Waals surface area contributed by atoms with E-state index in [-0.39, 0.29) is 11.9 Å². The highest BCUT2D eigenvalue weighted by molar-refractivity contribution is 5.94. The Bertz CT molecular complexity index is 759. The summed E-state index contributed by atoms with van der Waals surface area (Å²) in [6, 6.07) is 13.8. The van der Waals surface area contributed by atoms with Crippen LogP contribution in [0.15, 0.2) is 48.5 Å². The summed E-state index contributed by atoms with van der Waals surface area (Å²) < 4.78 is 0. The summed E-state index contributed by atoms with van der Waals surface area (Å²) in [5, 5.41) is 8.41. The Morgan fingerprint density at radius 3 is 2.48 bits per heavy atom. The standard InChI is InChI=1S/C20H27N5O2/c1-25(2)12-4-11-22-19(26)16-6-3-5-15(13-16)14-23-20(27)24-18-9-7-17(21)8-10-18/h3,5-10,13H,4,11-12,14,21H2,1-2H3,(H,22,26)(H2,23,24,27). The molecule has 0 bridgehead atoms. The summed E-state index contributed by atoms with van der Waals surface area (Å²) in [7, 11) is 4.00. The number of carbonyl (C=O) groups excluding carboxylic acids is 2. The maximum absolute atomic E-state index is 12.2. The molecule has 2 aromatic rings. The van der Waals surface area contributed by atoms with Crippen LogP contribution in [-0.4, -0.2) is 44.0 Å². The highest BCUT2D eigenvalue weighted by atomic mass is 16.2. The number of nitrogens with zero attached hydrogens (tertiary/aromatic N) is 1. The van der Waals surface area contributed by atoms with Gasteiger partial charge in [-0.15, -0.1) is 0 Å². The van der Waals surface area contributed by atoms with Crippen molar-refractivity contribution in [2.45, 2.75) is 13.0 Å². The predicted octanol–water partition coefficient (Wildman–Crippen LogP) is 2.27. The molecule has 7 heteroatoms. The van der Waals surface area contributed by atoms with E-state index in [1.54, 1.807) is 36.4 Å². The van der Waals surface area contributed by atoms with E-state index in [2.05, 4.69) is 20.9 Å². The third kappa shape index (κ3) is 7.37. The van der Waals surface area contributed by atoms with Gasteiger partial charge < -0.3 is 26.6 Å². The number of benzene rings is 2. The Morgan fingerprint density at radius 1 is 1.04 bits per heavy atom. The van der Waals surface area contributed by atoms with Crippen LogP contribution in [0.2, 0.25) is 0 Å². The van der Waals surface area contributed by atoms with Crippen molar-refractivity contribution in [3.8, 4) is 0 Å². The summed E-state index contributed by atoms with van der Waals surface area (Å²) in [5.74, 6) is -0.109. The van der Waals surface area contributed by atoms with Crippen LogP contribution < -0.4 is 21.7 Å². The monoisotopic (exact) mass is 369 g/mol. The molecule has 2 aromatic carbocycles. The van der Waals surface area contributed by atoms with Crippen molar-refractivity contribution in [3.63, 3.8) is 0 Å². The first kappa shape index (κ1) is 20.3. The van der Waals surface area contributed by atoms with Gasteiger partial charge in [0.05, 0.1) is 0 Å². The summed E-state index contributed by atoms with van der Waals surface area (Å²) in [5.41, 5.74) is 8.35. The molecule has 2 rings (SSSR count). The van der Waals surface area contributed by atoms with Gasteiger partial charge in [0.1, 0.15) is 0 Å². The van der Waals surface area contributed by atoms with Gasteiger partial charge in [0, 0.05) is 30.0 Å². The molecule has 0 atom stereocenters. The highest BCUT2D eigenvalue weighted by Crippen LogP contribution is 2.10. The fraction of sp³-hybridized carbons (Fsp3) is 0.300. The molecule has 0 spiro atoms. The Kier molecular flexibility index (Phi) is 7.63. The second kappa shape index (κ2) is 10.2. The number of carbonyl (C=O) groups is 2. The number of nitrogens with one attached hydrogen (secondary N) is 3. The van der Waals surface area contributed by atoms with Crippen LogP contribution in [0.3, 0.4) is 0 Å². The van der Waals surface area contributed by atoms with Crippen LogP contribution in [-0.2, 0) is 6.54 Å². The molecule has 0 radical (unpaired) electrons. The van der Waals surface area contributed by atoms with Crippen molar-refractivity contribution in [1.29, 1.82) is 0 Å². The van der Waals surface area contributed by atoms with E-state index in [9.17, 15) is 9.59 Å². The predicted molar refractivity (Wildman–Crippen MR) is 109 cm³/mol. The molecule has 0 aliphatic rings. The lowest BCUT2D eigenvalue weighted by Gasteiger charge is -2.11. The third-order valence-electron chi connectivity index (χ3n) is 3.88. The Balaban J connectivity index is 1.81. The van der Waals surface area contributed by atoms with Gasteiger partial charge in [0.2, 0.25) is 0 Å². The van der Waals surface area contributed by atoms with Gasteiger partial charge in [-0.2, -0.15) is 0 Å². The van der Waals surface area contributed by atoms with Crippen LogP contribution in [0.1, 0.15) is 22.3 Å². The summed E-state index contributed by atoms with van der Waals surface area (Å²) >= 11 is 0. The average Bonchev–Trinajstić information content (AvgIpc) is 2.65. The summed E-state index contributed by atoms with van der Waals surface area (Å²) in [4.78, 5) is 26.3. The zero-order valence-electron chi connectivity index (χ0n) is 15.8. The number of hydrogen-bond donors (Lipinski definition) is 4. The van der Waals surface area contributed by atoms with Crippen LogP contribution in [0.5, 0.6) is 0 Å². The van der Waals surface area contributed by atoms with Gasteiger partial charge in [-0.1, -0.05) is 12.1 Å². The molecule has 0 heterocycles. The van der Waals surface area contributed by atoms with Crippen molar-refractivity contribution in [2.24, 2.45) is 0 Å². The minimum Gasteiger partial charge on any atom is -0.399 e. The second-order valence-electron chi connectivity index (χ2n) is 6.54. The number of amides is 3. The minimum atomic E-state index is -0.321. The van der Waals surface area contributed by atoms with E-state index in [1.807, 2.05) is 26.2 Å². The molecular weight excluding hydrogens is 342 g/mol. The van der Waals surface area contributed by atoms with E-state index in [0.29, 0.717) is 30.0 Å². The molecule has 0 unspecified atom stereocenters. The molecule has 3 amide bonds. The smallest absolute Gasteiger partial charge is 0.319 e. The number of nitrogens with two attached hydrogens (primary N) is 1. The lowest BCUT2D eigenvalue weighted by Crippen LogP contribution is -2.29. The number of urea groups is 1. The zero-order chi connectivity index (χ0) is 19.6. The third-order valence-corrected chi connectivity index (χ3v) is 3.88. The van der Waals surface area contributed by atoms with E-state index in [0.717, 1.165) is 18.5 Å². The largest absolute Gasteiger partial charge is 0.399 e. The number of hydrogen-bond acceptors (Lipinski definition) is 4. The quantitative estimate of drug-likeness (QED) is 0.424. The molecule has 7 nitrogen and oxygen atoms in total. The Labute approximate surface area is 159 Å². The molecule has 0 fully saturated rings. The summed E-state index contributed by atoms with van der Waals surface area (Å²) in [6.07, 6.45) is 0.894. The van der Waals surface area contributed by atoms with Gasteiger partial charge >= 0.3 is 6.03 Å². The van der Waals surface area contributed by atoms with E-state index < -0.39 is 0 Å². The number of anilines is 2. The minimum absolute atomic E-state index is 0.109. The SMILES string of the molecule is CN(C)CCCNC(=O)c1cccc(CNC(=O)Nc2ccc(N)cc2)c1. The lowest BCUT2D eigenvalue weighted by molar-refractivity contribution is 0.0952. The summed E-state index contributed by atoms with van der Waals surface area (Å²) in [6.45, 7) is 1.87. The molecule has 0 aliphatic heterocycles. The first-order chi connectivity index (χ1) is 12.9.